The number of aromatic amines is 1. The van der Waals surface area contributed by atoms with E-state index in [1.807, 2.05) is 0 Å². The van der Waals surface area contributed by atoms with Crippen LogP contribution in [0.25, 0.3) is 11.2 Å². The molecule has 0 aromatic carbocycles. The van der Waals surface area contributed by atoms with E-state index >= 15 is 0 Å². The van der Waals surface area contributed by atoms with Crippen LogP contribution >= 0.6 is 22.6 Å². The number of rotatable bonds is 0. The minimum absolute atomic E-state index is 0.394. The van der Waals surface area contributed by atoms with E-state index in [0.717, 1.165) is 3.70 Å². The molecule has 3 N–H and O–H groups in total. The highest BCUT2D eigenvalue weighted by Gasteiger charge is 2.03. The Hall–Kier alpha value is -0.920. The van der Waals surface area contributed by atoms with Crippen LogP contribution in [0.2, 0.25) is 0 Å². The summed E-state index contributed by atoms with van der Waals surface area (Å²) in [6.07, 6.45) is 1.65. The van der Waals surface area contributed by atoms with E-state index in [1.54, 1.807) is 6.20 Å². The minimum atomic E-state index is 0.394. The van der Waals surface area contributed by atoms with Crippen molar-refractivity contribution in [3.63, 3.8) is 0 Å². The minimum Gasteiger partial charge on any atom is -0.380 e. The molecule has 0 saturated carbocycles. The average molecular weight is 261 g/mol. The molecule has 0 unspecified atom stereocenters. The summed E-state index contributed by atoms with van der Waals surface area (Å²) in [5.41, 5.74) is 6.76. The Labute approximate surface area is 75.6 Å². The highest BCUT2D eigenvalue weighted by atomic mass is 127. The monoisotopic (exact) mass is 261 g/mol. The standard InChI is InChI=1S/C5H4IN5/c6-2-1-8-5-3(9-2)4(7)10-11-5/h1H,(H3,7,8,10,11). The van der Waals surface area contributed by atoms with Gasteiger partial charge in [-0.3, -0.25) is 5.10 Å². The fourth-order valence-electron chi connectivity index (χ4n) is 0.794. The third kappa shape index (κ3) is 1.02. The van der Waals surface area contributed by atoms with E-state index in [9.17, 15) is 0 Å². The van der Waals surface area contributed by atoms with Crippen LogP contribution in [0.15, 0.2) is 6.20 Å². The normalized spacial score (nSPS) is 10.6. The lowest BCUT2D eigenvalue weighted by Crippen LogP contribution is -1.88. The molecule has 0 radical (unpaired) electrons. The first-order valence-corrected chi connectivity index (χ1v) is 3.97. The van der Waals surface area contributed by atoms with Gasteiger partial charge >= 0.3 is 0 Å². The summed E-state index contributed by atoms with van der Waals surface area (Å²) >= 11 is 2.07. The first kappa shape index (κ1) is 6.77. The molecule has 0 atom stereocenters. The summed E-state index contributed by atoms with van der Waals surface area (Å²) in [6, 6.07) is 0. The van der Waals surface area contributed by atoms with Crippen molar-refractivity contribution in [2.45, 2.75) is 0 Å². The predicted molar refractivity (Wildman–Crippen MR) is 48.8 cm³/mol. The number of nitrogen functional groups attached to an aromatic ring is 1. The molecule has 11 heavy (non-hydrogen) atoms. The van der Waals surface area contributed by atoms with Gasteiger partial charge in [-0.1, -0.05) is 0 Å². The number of nitrogens with two attached hydrogens (primary N) is 1. The Bertz CT molecular complexity index is 395. The Morgan fingerprint density at radius 2 is 2.36 bits per heavy atom. The molecule has 2 aromatic rings. The Balaban J connectivity index is 2.87. The van der Waals surface area contributed by atoms with Gasteiger partial charge in [0.2, 0.25) is 0 Å². The molecule has 0 aliphatic heterocycles. The zero-order chi connectivity index (χ0) is 7.84. The maximum absolute atomic E-state index is 5.50. The molecule has 5 nitrogen and oxygen atoms in total. The van der Waals surface area contributed by atoms with Crippen LogP contribution in [0.5, 0.6) is 0 Å². The molecule has 0 saturated heterocycles. The number of aromatic nitrogens is 4. The number of nitrogens with one attached hydrogen (secondary N) is 1. The maximum Gasteiger partial charge on any atom is 0.176 e. The Morgan fingerprint density at radius 3 is 3.18 bits per heavy atom. The van der Waals surface area contributed by atoms with Crippen LogP contribution in [0, 0.1) is 3.70 Å². The van der Waals surface area contributed by atoms with E-state index in [-0.39, 0.29) is 0 Å². The van der Waals surface area contributed by atoms with Crippen LogP contribution in [-0.4, -0.2) is 20.2 Å². The van der Waals surface area contributed by atoms with Gasteiger partial charge in [-0.15, -0.1) is 0 Å². The second kappa shape index (κ2) is 2.29. The maximum atomic E-state index is 5.50. The summed E-state index contributed by atoms with van der Waals surface area (Å²) in [5, 5.41) is 6.42. The van der Waals surface area contributed by atoms with Crippen LogP contribution in [0.4, 0.5) is 5.82 Å². The van der Waals surface area contributed by atoms with Gasteiger partial charge in [-0.25, -0.2) is 9.97 Å². The molecule has 2 aromatic heterocycles. The van der Waals surface area contributed by atoms with Gasteiger partial charge in [0.15, 0.2) is 17.0 Å². The molecule has 0 spiro atoms. The summed E-state index contributed by atoms with van der Waals surface area (Å²) in [6.45, 7) is 0. The van der Waals surface area contributed by atoms with E-state index in [2.05, 4.69) is 42.8 Å². The highest BCUT2D eigenvalue weighted by Crippen LogP contribution is 2.12. The topological polar surface area (TPSA) is 80.5 Å². The molecule has 2 heterocycles. The summed E-state index contributed by atoms with van der Waals surface area (Å²) in [7, 11) is 0. The van der Waals surface area contributed by atoms with Crippen molar-refractivity contribution in [3.05, 3.63) is 9.90 Å². The van der Waals surface area contributed by atoms with Crippen molar-refractivity contribution < 1.29 is 0 Å². The van der Waals surface area contributed by atoms with Crippen molar-refractivity contribution >= 4 is 39.6 Å². The van der Waals surface area contributed by atoms with E-state index in [0.29, 0.717) is 17.0 Å². The molecular weight excluding hydrogens is 257 g/mol. The first-order valence-electron chi connectivity index (χ1n) is 2.89. The van der Waals surface area contributed by atoms with Gasteiger partial charge in [-0.2, -0.15) is 5.10 Å². The lowest BCUT2D eigenvalue weighted by Gasteiger charge is -1.88. The molecule has 56 valence electrons. The number of anilines is 1. The summed E-state index contributed by atoms with van der Waals surface area (Å²) in [5.74, 6) is 0.394. The van der Waals surface area contributed by atoms with Crippen LogP contribution < -0.4 is 5.73 Å². The van der Waals surface area contributed by atoms with Crippen molar-refractivity contribution in [2.24, 2.45) is 0 Å². The Morgan fingerprint density at radius 1 is 1.55 bits per heavy atom. The van der Waals surface area contributed by atoms with Gasteiger partial charge in [0.05, 0.1) is 6.20 Å². The summed E-state index contributed by atoms with van der Waals surface area (Å²) < 4.78 is 0.809. The smallest absolute Gasteiger partial charge is 0.176 e. The SMILES string of the molecule is Nc1n[nH]c2ncc(I)nc12. The number of hydrogen-bond donors (Lipinski definition) is 2. The lowest BCUT2D eigenvalue weighted by atomic mass is 10.5. The average Bonchev–Trinajstić information content (AvgIpc) is 2.33. The van der Waals surface area contributed by atoms with E-state index in [4.69, 9.17) is 5.73 Å². The number of nitrogens with zero attached hydrogens (tertiary/aromatic N) is 3. The second-order valence-corrected chi connectivity index (χ2v) is 3.10. The van der Waals surface area contributed by atoms with Gasteiger partial charge in [0, 0.05) is 0 Å². The van der Waals surface area contributed by atoms with Crippen molar-refractivity contribution in [3.8, 4) is 0 Å². The largest absolute Gasteiger partial charge is 0.380 e. The number of fused-ring (bicyclic) bond motifs is 1. The molecule has 6 heteroatoms. The molecule has 0 fully saturated rings. The third-order valence-electron chi connectivity index (χ3n) is 1.27. The number of H-pyrrole nitrogens is 1. The van der Waals surface area contributed by atoms with Crippen molar-refractivity contribution in [1.29, 1.82) is 0 Å². The van der Waals surface area contributed by atoms with Crippen molar-refractivity contribution in [1.82, 2.24) is 20.2 Å². The van der Waals surface area contributed by atoms with Gasteiger partial charge in [0.25, 0.3) is 0 Å². The van der Waals surface area contributed by atoms with E-state index in [1.165, 1.54) is 0 Å². The predicted octanol–water partition coefficient (Wildman–Crippen LogP) is 0.540. The molecular formula is C5H4IN5. The molecule has 0 bridgehead atoms. The fourth-order valence-corrected chi connectivity index (χ4v) is 1.17. The number of hydrogen-bond acceptors (Lipinski definition) is 4. The molecule has 2 rings (SSSR count). The van der Waals surface area contributed by atoms with Crippen LogP contribution in [0.1, 0.15) is 0 Å². The zero-order valence-electron chi connectivity index (χ0n) is 5.37. The zero-order valence-corrected chi connectivity index (χ0v) is 7.53. The fraction of sp³-hybridized carbons (Fsp3) is 0. The molecule has 0 aliphatic rings. The second-order valence-electron chi connectivity index (χ2n) is 2.00. The summed E-state index contributed by atoms with van der Waals surface area (Å²) in [4.78, 5) is 8.17. The highest BCUT2D eigenvalue weighted by molar-refractivity contribution is 14.1. The van der Waals surface area contributed by atoms with E-state index < -0.39 is 0 Å². The quantitative estimate of drug-likeness (QED) is 0.678. The van der Waals surface area contributed by atoms with Crippen LogP contribution in [0.3, 0.4) is 0 Å². The van der Waals surface area contributed by atoms with Gasteiger partial charge in [-0.05, 0) is 22.6 Å². The Kier molecular flexibility index (Phi) is 1.41. The van der Waals surface area contributed by atoms with Gasteiger partial charge in [0.1, 0.15) is 3.70 Å². The van der Waals surface area contributed by atoms with Crippen molar-refractivity contribution in [2.75, 3.05) is 5.73 Å². The number of halogens is 1. The molecule has 0 amide bonds. The van der Waals surface area contributed by atoms with Gasteiger partial charge < -0.3 is 5.73 Å². The third-order valence-corrected chi connectivity index (χ3v) is 1.79. The molecule has 0 aliphatic carbocycles. The lowest BCUT2D eigenvalue weighted by molar-refractivity contribution is 1.10. The first-order chi connectivity index (χ1) is 5.27. The van der Waals surface area contributed by atoms with Crippen LogP contribution in [-0.2, 0) is 0 Å².